The third-order valence-corrected chi connectivity index (χ3v) is 4.12. The smallest absolute Gasteiger partial charge is 0.131 e. The minimum atomic E-state index is -0.253. The van der Waals surface area contributed by atoms with Crippen LogP contribution in [0.2, 0.25) is 0 Å². The lowest BCUT2D eigenvalue weighted by molar-refractivity contribution is 0.404. The lowest BCUT2D eigenvalue weighted by atomic mass is 10.0. The number of ether oxygens (including phenoxy) is 1. The van der Waals surface area contributed by atoms with Crippen molar-refractivity contribution in [2.45, 2.75) is 11.2 Å². The van der Waals surface area contributed by atoms with E-state index in [1.807, 2.05) is 24.3 Å². The summed E-state index contributed by atoms with van der Waals surface area (Å²) in [6.45, 7) is 0. The second-order valence-corrected chi connectivity index (χ2v) is 6.18. The summed E-state index contributed by atoms with van der Waals surface area (Å²) >= 11 is 6.99. The summed E-state index contributed by atoms with van der Waals surface area (Å²) in [5, 5.41) is 0. The Bertz CT molecular complexity index is 572. The summed E-state index contributed by atoms with van der Waals surface area (Å²) in [4.78, 5) is -0.127. The van der Waals surface area contributed by atoms with Gasteiger partial charge in [-0.3, -0.25) is 0 Å². The van der Waals surface area contributed by atoms with Crippen LogP contribution in [0.5, 0.6) is 5.75 Å². The van der Waals surface area contributed by atoms with Crippen LogP contribution in [0, 0.1) is 5.82 Å². The van der Waals surface area contributed by atoms with Gasteiger partial charge in [-0.2, -0.15) is 0 Å². The zero-order valence-electron chi connectivity index (χ0n) is 10.4. The highest BCUT2D eigenvalue weighted by Gasteiger charge is 2.18. The van der Waals surface area contributed by atoms with Gasteiger partial charge in [0.2, 0.25) is 0 Å². The van der Waals surface area contributed by atoms with Crippen LogP contribution in [-0.4, -0.2) is 7.11 Å². The molecule has 0 heterocycles. The van der Waals surface area contributed by atoms with Gasteiger partial charge in [-0.1, -0.05) is 50.1 Å². The fourth-order valence-corrected chi connectivity index (χ4v) is 3.24. The molecular weight excluding hydrogens is 375 g/mol. The van der Waals surface area contributed by atoms with E-state index in [0.29, 0.717) is 17.7 Å². The van der Waals surface area contributed by atoms with Gasteiger partial charge in [0.05, 0.1) is 11.9 Å². The van der Waals surface area contributed by atoms with Crippen LogP contribution in [0.1, 0.15) is 16.0 Å². The van der Waals surface area contributed by atoms with E-state index in [1.165, 1.54) is 6.07 Å². The number of halogens is 3. The van der Waals surface area contributed by atoms with Crippen molar-refractivity contribution in [2.75, 3.05) is 7.11 Å². The molecule has 2 aromatic rings. The number of hydrogen-bond donors (Lipinski definition) is 0. The third kappa shape index (κ3) is 3.57. The summed E-state index contributed by atoms with van der Waals surface area (Å²) in [5.41, 5.74) is 1.69. The van der Waals surface area contributed by atoms with E-state index in [-0.39, 0.29) is 10.6 Å². The van der Waals surface area contributed by atoms with Crippen LogP contribution in [-0.2, 0) is 6.42 Å². The van der Waals surface area contributed by atoms with Crippen molar-refractivity contribution in [1.29, 1.82) is 0 Å². The highest BCUT2D eigenvalue weighted by atomic mass is 79.9. The van der Waals surface area contributed by atoms with Crippen molar-refractivity contribution in [2.24, 2.45) is 0 Å². The molecule has 0 N–H and O–H groups in total. The molecule has 0 radical (unpaired) electrons. The van der Waals surface area contributed by atoms with E-state index >= 15 is 0 Å². The Labute approximate surface area is 129 Å². The van der Waals surface area contributed by atoms with E-state index < -0.39 is 0 Å². The molecule has 2 rings (SSSR count). The second-order valence-electron chi connectivity index (χ2n) is 4.16. The van der Waals surface area contributed by atoms with Gasteiger partial charge in [0.1, 0.15) is 11.6 Å². The molecule has 0 fully saturated rings. The maximum Gasteiger partial charge on any atom is 0.131 e. The number of methoxy groups -OCH3 is 1. The van der Waals surface area contributed by atoms with E-state index in [9.17, 15) is 4.39 Å². The van der Waals surface area contributed by atoms with E-state index in [0.717, 1.165) is 10.0 Å². The van der Waals surface area contributed by atoms with Crippen LogP contribution in [0.3, 0.4) is 0 Å². The van der Waals surface area contributed by atoms with Crippen molar-refractivity contribution >= 4 is 31.9 Å². The van der Waals surface area contributed by atoms with Gasteiger partial charge in [-0.25, -0.2) is 4.39 Å². The molecule has 1 atom stereocenters. The Morgan fingerprint density at radius 1 is 1.21 bits per heavy atom. The van der Waals surface area contributed by atoms with Crippen LogP contribution in [0.15, 0.2) is 46.9 Å². The molecule has 1 nitrogen and oxygen atoms in total. The van der Waals surface area contributed by atoms with Crippen LogP contribution in [0.4, 0.5) is 4.39 Å². The van der Waals surface area contributed by atoms with Gasteiger partial charge in [0.15, 0.2) is 0 Å². The molecule has 1 unspecified atom stereocenters. The minimum absolute atomic E-state index is 0.127. The van der Waals surface area contributed by atoms with Gasteiger partial charge < -0.3 is 4.74 Å². The summed E-state index contributed by atoms with van der Waals surface area (Å²) in [5.74, 6) is 0.313. The Kier molecular flexibility index (Phi) is 4.99. The Morgan fingerprint density at radius 3 is 2.63 bits per heavy atom. The summed E-state index contributed by atoms with van der Waals surface area (Å²) in [7, 11) is 1.55. The molecular formula is C15H13Br2FO. The fourth-order valence-electron chi connectivity index (χ4n) is 1.97. The zero-order chi connectivity index (χ0) is 13.8. The largest absolute Gasteiger partial charge is 0.496 e. The first-order chi connectivity index (χ1) is 9.11. The topological polar surface area (TPSA) is 9.23 Å². The molecule has 0 amide bonds. The molecule has 0 aromatic heterocycles. The summed E-state index contributed by atoms with van der Waals surface area (Å²) in [6, 6.07) is 12.9. The van der Waals surface area contributed by atoms with Crippen molar-refractivity contribution in [3.8, 4) is 5.75 Å². The van der Waals surface area contributed by atoms with Crippen molar-refractivity contribution in [1.82, 2.24) is 0 Å². The average molecular weight is 388 g/mol. The van der Waals surface area contributed by atoms with Crippen molar-refractivity contribution in [3.63, 3.8) is 0 Å². The first-order valence-electron chi connectivity index (χ1n) is 5.82. The van der Waals surface area contributed by atoms with Crippen molar-refractivity contribution < 1.29 is 9.13 Å². The molecule has 2 aromatic carbocycles. The molecule has 19 heavy (non-hydrogen) atoms. The monoisotopic (exact) mass is 386 g/mol. The molecule has 4 heteroatoms. The van der Waals surface area contributed by atoms with Gasteiger partial charge in [-0.05, 0) is 36.2 Å². The van der Waals surface area contributed by atoms with Gasteiger partial charge in [0.25, 0.3) is 0 Å². The highest BCUT2D eigenvalue weighted by molar-refractivity contribution is 9.10. The predicted molar refractivity (Wildman–Crippen MR) is 82.5 cm³/mol. The lowest BCUT2D eigenvalue weighted by Gasteiger charge is -2.15. The van der Waals surface area contributed by atoms with Crippen molar-refractivity contribution in [3.05, 3.63) is 63.9 Å². The zero-order valence-corrected chi connectivity index (χ0v) is 13.5. The SMILES string of the molecule is COc1cccc(F)c1C(Br)Cc1cccc(Br)c1. The number of hydrogen-bond acceptors (Lipinski definition) is 1. The fraction of sp³-hybridized carbons (Fsp3) is 0.200. The van der Waals surface area contributed by atoms with Crippen LogP contribution in [0.25, 0.3) is 0 Å². The molecule has 0 saturated carbocycles. The first-order valence-corrected chi connectivity index (χ1v) is 7.53. The molecule has 0 aliphatic rings. The summed E-state index contributed by atoms with van der Waals surface area (Å²) in [6.07, 6.45) is 0.691. The van der Waals surface area contributed by atoms with E-state index in [4.69, 9.17) is 4.74 Å². The Balaban J connectivity index is 2.27. The Morgan fingerprint density at radius 2 is 1.95 bits per heavy atom. The maximum atomic E-state index is 14.0. The lowest BCUT2D eigenvalue weighted by Crippen LogP contribution is -2.02. The minimum Gasteiger partial charge on any atom is -0.496 e. The second kappa shape index (κ2) is 6.53. The summed E-state index contributed by atoms with van der Waals surface area (Å²) < 4.78 is 20.2. The molecule has 0 spiro atoms. The standard InChI is InChI=1S/C15H13Br2FO/c1-19-14-7-3-6-13(18)15(14)12(17)9-10-4-2-5-11(16)8-10/h2-8,12H,9H2,1H3. The van der Waals surface area contributed by atoms with Crippen LogP contribution < -0.4 is 4.74 Å². The highest BCUT2D eigenvalue weighted by Crippen LogP contribution is 2.36. The Hall–Kier alpha value is -0.870. The predicted octanol–water partition coefficient (Wildman–Crippen LogP) is 5.28. The number of rotatable bonds is 4. The number of benzene rings is 2. The first kappa shape index (κ1) is 14.5. The van der Waals surface area contributed by atoms with Crippen LogP contribution >= 0.6 is 31.9 Å². The van der Waals surface area contributed by atoms with E-state index in [1.54, 1.807) is 19.2 Å². The number of alkyl halides is 1. The molecule has 0 bridgehead atoms. The molecule has 0 aliphatic heterocycles. The third-order valence-electron chi connectivity index (χ3n) is 2.85. The normalized spacial score (nSPS) is 12.2. The van der Waals surface area contributed by atoms with E-state index in [2.05, 4.69) is 31.9 Å². The molecule has 100 valence electrons. The maximum absolute atomic E-state index is 14.0. The average Bonchev–Trinajstić information content (AvgIpc) is 2.38. The quantitative estimate of drug-likeness (QED) is 0.649. The van der Waals surface area contributed by atoms with Gasteiger partial charge in [0, 0.05) is 10.0 Å². The van der Waals surface area contributed by atoms with Gasteiger partial charge in [-0.15, -0.1) is 0 Å². The molecule has 0 aliphatic carbocycles. The molecule has 0 saturated heterocycles. The van der Waals surface area contributed by atoms with Gasteiger partial charge >= 0.3 is 0 Å².